The first-order valence-electron chi connectivity index (χ1n) is 5.20. The van der Waals surface area contributed by atoms with Crippen molar-refractivity contribution < 1.29 is 19.1 Å². The van der Waals surface area contributed by atoms with Crippen LogP contribution in [0.4, 0.5) is 0 Å². The van der Waals surface area contributed by atoms with E-state index >= 15 is 0 Å². The van der Waals surface area contributed by atoms with E-state index in [9.17, 15) is 9.59 Å². The second-order valence-corrected chi connectivity index (χ2v) is 3.99. The maximum absolute atomic E-state index is 11.5. The van der Waals surface area contributed by atoms with Crippen molar-refractivity contribution in [3.63, 3.8) is 0 Å². The van der Waals surface area contributed by atoms with Crippen molar-refractivity contribution in [1.82, 2.24) is 0 Å². The summed E-state index contributed by atoms with van der Waals surface area (Å²) in [6, 6.07) is 0. The van der Waals surface area contributed by atoms with Gasteiger partial charge in [-0.05, 0) is 27.2 Å². The molecule has 0 radical (unpaired) electrons. The van der Waals surface area contributed by atoms with Crippen molar-refractivity contribution in [3.05, 3.63) is 0 Å². The van der Waals surface area contributed by atoms with Crippen LogP contribution < -0.4 is 0 Å². The van der Waals surface area contributed by atoms with Crippen molar-refractivity contribution in [2.24, 2.45) is 5.41 Å². The monoisotopic (exact) mass is 216 g/mol. The van der Waals surface area contributed by atoms with Crippen LogP contribution in [0.2, 0.25) is 0 Å². The van der Waals surface area contributed by atoms with Gasteiger partial charge in [-0.2, -0.15) is 0 Å². The van der Waals surface area contributed by atoms with Gasteiger partial charge in [0.1, 0.15) is 6.61 Å². The Hall–Kier alpha value is -0.900. The first-order valence-corrected chi connectivity index (χ1v) is 5.20. The van der Waals surface area contributed by atoms with Crippen LogP contribution in [0.3, 0.4) is 0 Å². The number of hydrogen-bond donors (Lipinski definition) is 0. The molecule has 0 aliphatic rings. The molecular formula is C11H20O4. The van der Waals surface area contributed by atoms with E-state index in [2.05, 4.69) is 0 Å². The minimum absolute atomic E-state index is 0.0103. The van der Waals surface area contributed by atoms with Crippen LogP contribution in [0.5, 0.6) is 0 Å². The zero-order valence-electron chi connectivity index (χ0n) is 9.96. The van der Waals surface area contributed by atoms with Crippen molar-refractivity contribution >= 4 is 11.8 Å². The fraction of sp³-hybridized carbons (Fsp3) is 0.818. The standard InChI is InChI=1S/C11H20O4/c1-5-11(3,4)10(13)15-8-9(12)7-14-6-2/h5-8H2,1-4H3. The predicted octanol–water partition coefficient (Wildman–Crippen LogP) is 1.57. The summed E-state index contributed by atoms with van der Waals surface area (Å²) in [4.78, 5) is 22.6. The average molecular weight is 216 g/mol. The van der Waals surface area contributed by atoms with Crippen LogP contribution in [0.25, 0.3) is 0 Å². The van der Waals surface area contributed by atoms with Gasteiger partial charge in [0, 0.05) is 6.61 Å². The number of rotatable bonds is 7. The number of carbonyl (C=O) groups excluding carboxylic acids is 2. The molecule has 4 heteroatoms. The summed E-state index contributed by atoms with van der Waals surface area (Å²) in [5.74, 6) is -0.549. The summed E-state index contributed by atoms with van der Waals surface area (Å²) in [6.07, 6.45) is 0.686. The van der Waals surface area contributed by atoms with Gasteiger partial charge in [-0.15, -0.1) is 0 Å². The van der Waals surface area contributed by atoms with E-state index in [0.29, 0.717) is 13.0 Å². The summed E-state index contributed by atoms with van der Waals surface area (Å²) in [5.41, 5.74) is -0.522. The summed E-state index contributed by atoms with van der Waals surface area (Å²) < 4.78 is 9.79. The lowest BCUT2D eigenvalue weighted by atomic mass is 9.91. The third kappa shape index (κ3) is 5.52. The highest BCUT2D eigenvalue weighted by Crippen LogP contribution is 2.21. The molecule has 0 aromatic heterocycles. The average Bonchev–Trinajstić information content (AvgIpc) is 2.22. The number of Topliss-reactive ketones (excluding diaryl/α,β-unsaturated/α-hetero) is 1. The molecule has 0 saturated heterocycles. The van der Waals surface area contributed by atoms with Crippen LogP contribution in [0.15, 0.2) is 0 Å². The van der Waals surface area contributed by atoms with Crippen molar-refractivity contribution in [1.29, 1.82) is 0 Å². The van der Waals surface area contributed by atoms with Crippen LogP contribution in [0.1, 0.15) is 34.1 Å². The maximum Gasteiger partial charge on any atom is 0.311 e. The lowest BCUT2D eigenvalue weighted by Crippen LogP contribution is -2.28. The van der Waals surface area contributed by atoms with Gasteiger partial charge in [-0.3, -0.25) is 9.59 Å². The van der Waals surface area contributed by atoms with E-state index in [1.165, 1.54) is 0 Å². The Morgan fingerprint density at radius 1 is 1.13 bits per heavy atom. The highest BCUT2D eigenvalue weighted by molar-refractivity contribution is 5.84. The molecule has 88 valence electrons. The number of esters is 1. The van der Waals surface area contributed by atoms with Gasteiger partial charge in [0.25, 0.3) is 0 Å². The Morgan fingerprint density at radius 3 is 2.20 bits per heavy atom. The predicted molar refractivity (Wildman–Crippen MR) is 56.5 cm³/mol. The first-order chi connectivity index (χ1) is 6.94. The Morgan fingerprint density at radius 2 is 1.73 bits per heavy atom. The van der Waals surface area contributed by atoms with Crippen molar-refractivity contribution in [3.8, 4) is 0 Å². The van der Waals surface area contributed by atoms with Gasteiger partial charge in [0.2, 0.25) is 0 Å². The van der Waals surface area contributed by atoms with E-state index in [-0.39, 0.29) is 25.0 Å². The first kappa shape index (κ1) is 14.1. The molecule has 0 N–H and O–H groups in total. The molecule has 15 heavy (non-hydrogen) atoms. The fourth-order valence-electron chi connectivity index (χ4n) is 0.743. The van der Waals surface area contributed by atoms with Gasteiger partial charge in [0.05, 0.1) is 5.41 Å². The third-order valence-electron chi connectivity index (χ3n) is 2.27. The number of carbonyl (C=O) groups is 2. The Labute approximate surface area is 90.9 Å². The summed E-state index contributed by atoms with van der Waals surface area (Å²) in [5, 5.41) is 0. The lowest BCUT2D eigenvalue weighted by Gasteiger charge is -2.19. The maximum atomic E-state index is 11.5. The van der Waals surface area contributed by atoms with Gasteiger partial charge < -0.3 is 9.47 Å². The van der Waals surface area contributed by atoms with Gasteiger partial charge in [0.15, 0.2) is 12.4 Å². The van der Waals surface area contributed by atoms with Crippen LogP contribution in [-0.2, 0) is 19.1 Å². The number of ether oxygens (including phenoxy) is 2. The second-order valence-electron chi connectivity index (χ2n) is 3.99. The Balaban J connectivity index is 3.85. The van der Waals surface area contributed by atoms with Crippen molar-refractivity contribution in [2.45, 2.75) is 34.1 Å². The molecule has 0 spiro atoms. The molecular weight excluding hydrogens is 196 g/mol. The normalized spacial score (nSPS) is 11.2. The molecule has 0 bridgehead atoms. The van der Waals surface area contributed by atoms with Crippen LogP contribution in [-0.4, -0.2) is 31.6 Å². The summed E-state index contributed by atoms with van der Waals surface area (Å²) in [7, 11) is 0. The zero-order valence-corrected chi connectivity index (χ0v) is 9.96. The SMILES string of the molecule is CCOCC(=O)COC(=O)C(C)(C)CC. The second kappa shape index (κ2) is 6.56. The van der Waals surface area contributed by atoms with Crippen molar-refractivity contribution in [2.75, 3.05) is 19.8 Å². The lowest BCUT2D eigenvalue weighted by molar-refractivity contribution is -0.157. The van der Waals surface area contributed by atoms with Crippen LogP contribution in [0, 0.1) is 5.41 Å². The summed E-state index contributed by atoms with van der Waals surface area (Å²) >= 11 is 0. The molecule has 0 unspecified atom stereocenters. The molecule has 0 aromatic carbocycles. The summed E-state index contributed by atoms with van der Waals surface area (Å²) in [6.45, 7) is 7.60. The molecule has 0 rings (SSSR count). The molecule has 4 nitrogen and oxygen atoms in total. The molecule has 0 aromatic rings. The quantitative estimate of drug-likeness (QED) is 0.606. The zero-order chi connectivity index (χ0) is 11.9. The molecule has 0 atom stereocenters. The van der Waals surface area contributed by atoms with Crippen LogP contribution >= 0.6 is 0 Å². The molecule has 0 saturated carbocycles. The van der Waals surface area contributed by atoms with E-state index < -0.39 is 5.41 Å². The number of ketones is 1. The number of hydrogen-bond acceptors (Lipinski definition) is 4. The highest BCUT2D eigenvalue weighted by atomic mass is 16.5. The molecule has 0 amide bonds. The van der Waals surface area contributed by atoms with Gasteiger partial charge >= 0.3 is 5.97 Å². The van der Waals surface area contributed by atoms with E-state index in [1.807, 2.05) is 6.92 Å². The molecule has 0 aliphatic carbocycles. The minimum Gasteiger partial charge on any atom is -0.457 e. The van der Waals surface area contributed by atoms with E-state index in [0.717, 1.165) is 0 Å². The fourth-order valence-corrected chi connectivity index (χ4v) is 0.743. The van der Waals surface area contributed by atoms with E-state index in [4.69, 9.17) is 9.47 Å². The highest BCUT2D eigenvalue weighted by Gasteiger charge is 2.27. The Bertz CT molecular complexity index is 221. The third-order valence-corrected chi connectivity index (χ3v) is 2.27. The van der Waals surface area contributed by atoms with E-state index in [1.54, 1.807) is 20.8 Å². The largest absolute Gasteiger partial charge is 0.457 e. The minimum atomic E-state index is -0.522. The smallest absolute Gasteiger partial charge is 0.311 e. The van der Waals surface area contributed by atoms with Gasteiger partial charge in [-0.25, -0.2) is 0 Å². The topological polar surface area (TPSA) is 52.6 Å². The molecule has 0 fully saturated rings. The van der Waals surface area contributed by atoms with Gasteiger partial charge in [-0.1, -0.05) is 6.92 Å². The Kier molecular flexibility index (Phi) is 6.17. The molecule has 0 aliphatic heterocycles. The molecule has 0 heterocycles.